The molecule has 0 aliphatic carbocycles. The molecule has 0 spiro atoms. The summed E-state index contributed by atoms with van der Waals surface area (Å²) in [6.45, 7) is 2.64. The Balaban J connectivity index is 1.70. The van der Waals surface area contributed by atoms with Crippen LogP contribution in [0.5, 0.6) is 0 Å². The lowest BCUT2D eigenvalue weighted by Crippen LogP contribution is -2.41. The van der Waals surface area contributed by atoms with Crippen molar-refractivity contribution in [2.75, 3.05) is 23.4 Å². The van der Waals surface area contributed by atoms with Crippen molar-refractivity contribution in [3.05, 3.63) is 53.7 Å². The second-order valence-electron chi connectivity index (χ2n) is 6.42. The molecule has 1 aliphatic heterocycles. The van der Waals surface area contributed by atoms with Gasteiger partial charge in [0.15, 0.2) is 9.84 Å². The maximum atomic E-state index is 13.0. The normalized spacial score (nSPS) is 18.2. The standard InChI is InChI=1S/C18H21FN4O3S/c1-2-23(15-7-8-27(25,26)11-15)18(24)16-9-17(22-12-21-16)20-10-13-3-5-14(19)6-4-13/h3-6,9,12,15H,2,7-8,10-11H2,1H3,(H,20,21,22). The van der Waals surface area contributed by atoms with Crippen LogP contribution in [0.1, 0.15) is 29.4 Å². The van der Waals surface area contributed by atoms with Crippen molar-refractivity contribution < 1.29 is 17.6 Å². The van der Waals surface area contributed by atoms with E-state index >= 15 is 0 Å². The molecule has 1 aromatic heterocycles. The Kier molecular flexibility index (Phi) is 5.69. The van der Waals surface area contributed by atoms with Gasteiger partial charge in [-0.05, 0) is 31.0 Å². The third-order valence-electron chi connectivity index (χ3n) is 4.52. The number of rotatable bonds is 6. The van der Waals surface area contributed by atoms with E-state index in [0.29, 0.717) is 25.3 Å². The van der Waals surface area contributed by atoms with E-state index in [1.54, 1.807) is 17.0 Å². The number of hydrogen-bond acceptors (Lipinski definition) is 6. The van der Waals surface area contributed by atoms with E-state index in [1.807, 2.05) is 6.92 Å². The first kappa shape index (κ1) is 19.2. The maximum absolute atomic E-state index is 13.0. The van der Waals surface area contributed by atoms with Crippen molar-refractivity contribution in [2.24, 2.45) is 0 Å². The lowest BCUT2D eigenvalue weighted by atomic mass is 10.2. The van der Waals surface area contributed by atoms with Crippen LogP contribution in [0.4, 0.5) is 10.2 Å². The number of benzene rings is 1. The molecule has 0 saturated carbocycles. The summed E-state index contributed by atoms with van der Waals surface area (Å²) in [6.07, 6.45) is 1.74. The zero-order chi connectivity index (χ0) is 19.4. The van der Waals surface area contributed by atoms with E-state index in [0.717, 1.165) is 5.56 Å². The minimum Gasteiger partial charge on any atom is -0.366 e. The molecule has 2 heterocycles. The Hall–Kier alpha value is -2.55. The van der Waals surface area contributed by atoms with Crippen LogP contribution in [0.3, 0.4) is 0 Å². The molecule has 1 aromatic carbocycles. The smallest absolute Gasteiger partial charge is 0.272 e. The van der Waals surface area contributed by atoms with E-state index in [2.05, 4.69) is 15.3 Å². The van der Waals surface area contributed by atoms with Gasteiger partial charge in [-0.15, -0.1) is 0 Å². The van der Waals surface area contributed by atoms with Gasteiger partial charge in [0.05, 0.1) is 11.5 Å². The van der Waals surface area contributed by atoms with Gasteiger partial charge in [-0.1, -0.05) is 12.1 Å². The molecule has 1 aliphatic rings. The third-order valence-corrected chi connectivity index (χ3v) is 6.27. The monoisotopic (exact) mass is 392 g/mol. The molecule has 1 N–H and O–H groups in total. The van der Waals surface area contributed by atoms with Crippen LogP contribution < -0.4 is 5.32 Å². The summed E-state index contributed by atoms with van der Waals surface area (Å²) in [7, 11) is -3.08. The minimum atomic E-state index is -3.08. The van der Waals surface area contributed by atoms with Gasteiger partial charge in [0.1, 0.15) is 23.7 Å². The van der Waals surface area contributed by atoms with Gasteiger partial charge in [0.25, 0.3) is 5.91 Å². The quantitative estimate of drug-likeness (QED) is 0.807. The average Bonchev–Trinajstić information content (AvgIpc) is 3.01. The topological polar surface area (TPSA) is 92.3 Å². The summed E-state index contributed by atoms with van der Waals surface area (Å²) in [6, 6.07) is 7.29. The molecule has 2 aromatic rings. The van der Waals surface area contributed by atoms with Crippen LogP contribution in [0.15, 0.2) is 36.7 Å². The van der Waals surface area contributed by atoms with Crippen molar-refractivity contribution in [1.82, 2.24) is 14.9 Å². The van der Waals surface area contributed by atoms with Gasteiger partial charge in [-0.25, -0.2) is 22.8 Å². The Labute approximate surface area is 157 Å². The van der Waals surface area contributed by atoms with Crippen molar-refractivity contribution in [1.29, 1.82) is 0 Å². The summed E-state index contributed by atoms with van der Waals surface area (Å²) in [5.74, 6) is -0.0508. The number of carbonyl (C=O) groups excluding carboxylic acids is 1. The first-order valence-corrected chi connectivity index (χ1v) is 10.5. The zero-order valence-corrected chi connectivity index (χ0v) is 15.7. The van der Waals surface area contributed by atoms with E-state index in [1.165, 1.54) is 24.5 Å². The number of anilines is 1. The van der Waals surface area contributed by atoms with E-state index in [-0.39, 0.29) is 35.0 Å². The minimum absolute atomic E-state index is 0.00661. The molecule has 144 valence electrons. The summed E-state index contributed by atoms with van der Waals surface area (Å²) in [5, 5.41) is 3.08. The first-order valence-electron chi connectivity index (χ1n) is 8.69. The molecular formula is C18H21FN4O3S. The fraction of sp³-hybridized carbons (Fsp3) is 0.389. The fourth-order valence-corrected chi connectivity index (χ4v) is 4.83. The molecule has 1 unspecified atom stereocenters. The Morgan fingerprint density at radius 3 is 2.67 bits per heavy atom. The number of hydrogen-bond donors (Lipinski definition) is 1. The number of nitrogens with zero attached hydrogens (tertiary/aromatic N) is 3. The number of nitrogens with one attached hydrogen (secondary N) is 1. The van der Waals surface area contributed by atoms with Crippen LogP contribution in [-0.4, -0.2) is 53.3 Å². The molecule has 1 amide bonds. The molecule has 27 heavy (non-hydrogen) atoms. The highest BCUT2D eigenvalue weighted by Crippen LogP contribution is 2.20. The van der Waals surface area contributed by atoms with Gasteiger partial charge in [-0.3, -0.25) is 4.79 Å². The summed E-state index contributed by atoms with van der Waals surface area (Å²) in [4.78, 5) is 22.5. The van der Waals surface area contributed by atoms with E-state index in [4.69, 9.17) is 0 Å². The molecule has 0 bridgehead atoms. The van der Waals surface area contributed by atoms with E-state index < -0.39 is 9.84 Å². The van der Waals surface area contributed by atoms with Crippen molar-refractivity contribution in [2.45, 2.75) is 25.9 Å². The van der Waals surface area contributed by atoms with Gasteiger partial charge < -0.3 is 10.2 Å². The maximum Gasteiger partial charge on any atom is 0.272 e. The van der Waals surface area contributed by atoms with Crippen LogP contribution in [0.2, 0.25) is 0 Å². The molecule has 7 nitrogen and oxygen atoms in total. The highest BCUT2D eigenvalue weighted by molar-refractivity contribution is 7.91. The second kappa shape index (κ2) is 7.99. The van der Waals surface area contributed by atoms with Crippen LogP contribution >= 0.6 is 0 Å². The predicted molar refractivity (Wildman–Crippen MR) is 99.5 cm³/mol. The molecule has 3 rings (SSSR count). The molecular weight excluding hydrogens is 371 g/mol. The van der Waals surface area contributed by atoms with Crippen molar-refractivity contribution in [3.8, 4) is 0 Å². The molecule has 9 heteroatoms. The second-order valence-corrected chi connectivity index (χ2v) is 8.65. The number of halogens is 1. The largest absolute Gasteiger partial charge is 0.366 e. The SMILES string of the molecule is CCN(C(=O)c1cc(NCc2ccc(F)cc2)ncn1)C1CCS(=O)(=O)C1. The average molecular weight is 392 g/mol. The van der Waals surface area contributed by atoms with Crippen molar-refractivity contribution in [3.63, 3.8) is 0 Å². The van der Waals surface area contributed by atoms with Crippen LogP contribution in [0, 0.1) is 5.82 Å². The summed E-state index contributed by atoms with van der Waals surface area (Å²) < 4.78 is 36.4. The fourth-order valence-electron chi connectivity index (χ4n) is 3.10. The predicted octanol–water partition coefficient (Wildman–Crippen LogP) is 1.88. The Morgan fingerprint density at radius 2 is 2.04 bits per heavy atom. The lowest BCUT2D eigenvalue weighted by Gasteiger charge is -2.26. The molecule has 0 radical (unpaired) electrons. The number of sulfone groups is 1. The first-order chi connectivity index (χ1) is 12.9. The highest BCUT2D eigenvalue weighted by atomic mass is 32.2. The molecule has 1 saturated heterocycles. The summed E-state index contributed by atoms with van der Waals surface area (Å²) in [5.41, 5.74) is 1.08. The van der Waals surface area contributed by atoms with Crippen LogP contribution in [-0.2, 0) is 16.4 Å². The molecule has 1 fully saturated rings. The van der Waals surface area contributed by atoms with Crippen LogP contribution in [0.25, 0.3) is 0 Å². The van der Waals surface area contributed by atoms with Gasteiger partial charge in [0.2, 0.25) is 0 Å². The molecule has 1 atom stereocenters. The zero-order valence-electron chi connectivity index (χ0n) is 14.9. The van der Waals surface area contributed by atoms with E-state index in [9.17, 15) is 17.6 Å². The Bertz CT molecular complexity index is 918. The number of amides is 1. The van der Waals surface area contributed by atoms with Gasteiger partial charge in [0, 0.05) is 25.2 Å². The van der Waals surface area contributed by atoms with Gasteiger partial charge >= 0.3 is 0 Å². The Morgan fingerprint density at radius 1 is 1.30 bits per heavy atom. The number of aromatic nitrogens is 2. The third kappa shape index (κ3) is 4.79. The highest BCUT2D eigenvalue weighted by Gasteiger charge is 2.34. The van der Waals surface area contributed by atoms with Crippen molar-refractivity contribution >= 4 is 21.6 Å². The number of carbonyl (C=O) groups is 1. The lowest BCUT2D eigenvalue weighted by molar-refractivity contribution is 0.0702. The van der Waals surface area contributed by atoms with Gasteiger partial charge in [-0.2, -0.15) is 0 Å². The summed E-state index contributed by atoms with van der Waals surface area (Å²) >= 11 is 0.